The van der Waals surface area contributed by atoms with Crippen LogP contribution in [0, 0.1) is 11.3 Å². The topological polar surface area (TPSA) is 65.9 Å². The molecule has 1 aromatic rings. The zero-order chi connectivity index (χ0) is 12.0. The van der Waals surface area contributed by atoms with E-state index in [2.05, 4.69) is 11.1 Å². The number of nitrogens with two attached hydrogens (primary N) is 1. The van der Waals surface area contributed by atoms with E-state index in [1.165, 1.54) is 0 Å². The number of aromatic nitrogens is 1. The Bertz CT molecular complexity index is 352. The normalized spacial score (nSPS) is 11.9. The lowest BCUT2D eigenvalue weighted by Gasteiger charge is -2.18. The molecule has 0 spiro atoms. The van der Waals surface area contributed by atoms with Crippen molar-refractivity contribution in [3.63, 3.8) is 0 Å². The minimum atomic E-state index is 0.0125. The van der Waals surface area contributed by atoms with Gasteiger partial charge in [-0.25, -0.2) is 0 Å². The zero-order valence-electron chi connectivity index (χ0n) is 9.85. The van der Waals surface area contributed by atoms with Crippen molar-refractivity contribution in [1.29, 1.82) is 5.26 Å². The van der Waals surface area contributed by atoms with Crippen LogP contribution in [0.2, 0.25) is 0 Å². The molecular weight excluding hydrogens is 200 g/mol. The molecule has 1 heterocycles. The molecule has 0 unspecified atom stereocenters. The highest BCUT2D eigenvalue weighted by atomic mass is 15.1. The monoisotopic (exact) mass is 218 g/mol. The molecule has 0 aliphatic carbocycles. The Labute approximate surface area is 96.7 Å². The molecule has 0 amide bonds. The summed E-state index contributed by atoms with van der Waals surface area (Å²) >= 11 is 0. The smallest absolute Gasteiger partial charge is 0.0640 e. The molecule has 2 N–H and O–H groups in total. The van der Waals surface area contributed by atoms with E-state index in [1.807, 2.05) is 37.2 Å². The first kappa shape index (κ1) is 12.5. The van der Waals surface area contributed by atoms with Crippen LogP contribution in [-0.2, 0) is 0 Å². The lowest BCUT2D eigenvalue weighted by Crippen LogP contribution is -2.18. The van der Waals surface area contributed by atoms with E-state index in [0.29, 0.717) is 6.42 Å². The summed E-state index contributed by atoms with van der Waals surface area (Å²) in [5.41, 5.74) is 7.81. The summed E-state index contributed by atoms with van der Waals surface area (Å²) in [5, 5.41) is 8.50. The van der Waals surface area contributed by atoms with E-state index in [1.54, 1.807) is 0 Å². The molecule has 1 rings (SSSR count). The van der Waals surface area contributed by atoms with Gasteiger partial charge in [0.15, 0.2) is 0 Å². The van der Waals surface area contributed by atoms with Crippen LogP contribution in [0.5, 0.6) is 0 Å². The first-order valence-corrected chi connectivity index (χ1v) is 5.48. The summed E-state index contributed by atoms with van der Waals surface area (Å²) in [6.07, 6.45) is 3.21. The van der Waals surface area contributed by atoms with Crippen LogP contribution in [-0.4, -0.2) is 18.6 Å². The van der Waals surface area contributed by atoms with Gasteiger partial charge in [0, 0.05) is 19.6 Å². The summed E-state index contributed by atoms with van der Waals surface area (Å²) < 4.78 is 0. The Hall–Kier alpha value is -1.60. The molecule has 0 saturated carbocycles. The van der Waals surface area contributed by atoms with Crippen LogP contribution in [0.1, 0.15) is 31.5 Å². The second-order valence-corrected chi connectivity index (χ2v) is 3.79. The van der Waals surface area contributed by atoms with Crippen LogP contribution < -0.4 is 10.6 Å². The number of anilines is 1. The third-order valence-corrected chi connectivity index (χ3v) is 2.59. The second kappa shape index (κ2) is 6.09. The van der Waals surface area contributed by atoms with Gasteiger partial charge in [-0.1, -0.05) is 6.92 Å². The molecule has 0 fully saturated rings. The number of hydrogen-bond donors (Lipinski definition) is 1. The van der Waals surface area contributed by atoms with E-state index in [-0.39, 0.29) is 6.04 Å². The van der Waals surface area contributed by atoms with Gasteiger partial charge < -0.3 is 10.6 Å². The fourth-order valence-electron chi connectivity index (χ4n) is 1.40. The van der Waals surface area contributed by atoms with Crippen molar-refractivity contribution in [3.8, 4) is 6.07 Å². The molecule has 0 radical (unpaired) electrons. The molecule has 4 heteroatoms. The van der Waals surface area contributed by atoms with Crippen molar-refractivity contribution in [3.05, 3.63) is 24.0 Å². The van der Waals surface area contributed by atoms with E-state index >= 15 is 0 Å². The fourth-order valence-corrected chi connectivity index (χ4v) is 1.40. The minimum Gasteiger partial charge on any atom is -0.372 e. The number of pyridine rings is 1. The molecule has 0 aliphatic heterocycles. The molecule has 0 bridgehead atoms. The first-order valence-electron chi connectivity index (χ1n) is 5.48. The highest BCUT2D eigenvalue weighted by Crippen LogP contribution is 2.16. The highest BCUT2D eigenvalue weighted by molar-refractivity contribution is 5.43. The summed E-state index contributed by atoms with van der Waals surface area (Å²) in [6, 6.07) is 6.08. The van der Waals surface area contributed by atoms with Crippen LogP contribution in [0.15, 0.2) is 18.3 Å². The van der Waals surface area contributed by atoms with E-state index in [4.69, 9.17) is 11.0 Å². The van der Waals surface area contributed by atoms with Crippen molar-refractivity contribution < 1.29 is 0 Å². The molecule has 1 aromatic heterocycles. The maximum absolute atomic E-state index is 8.50. The third-order valence-electron chi connectivity index (χ3n) is 2.59. The average molecular weight is 218 g/mol. The molecule has 1 atom stereocenters. The SMILES string of the molecule is CC[C@@H](N)c1ccc(N(C)CCC#N)cn1. The molecular formula is C12H18N4. The average Bonchev–Trinajstić information content (AvgIpc) is 2.35. The summed E-state index contributed by atoms with van der Waals surface area (Å²) in [7, 11) is 1.95. The summed E-state index contributed by atoms with van der Waals surface area (Å²) in [5.74, 6) is 0. The quantitative estimate of drug-likeness (QED) is 0.819. The van der Waals surface area contributed by atoms with Gasteiger partial charge in [0.25, 0.3) is 0 Å². The predicted octanol–water partition coefficient (Wildman–Crippen LogP) is 1.84. The number of nitriles is 1. The molecule has 0 aromatic carbocycles. The molecule has 16 heavy (non-hydrogen) atoms. The lowest BCUT2D eigenvalue weighted by atomic mass is 10.1. The Balaban J connectivity index is 2.67. The van der Waals surface area contributed by atoms with Gasteiger partial charge in [-0.15, -0.1) is 0 Å². The third kappa shape index (κ3) is 3.21. The van der Waals surface area contributed by atoms with E-state index in [9.17, 15) is 0 Å². The van der Waals surface area contributed by atoms with Crippen molar-refractivity contribution in [2.75, 3.05) is 18.5 Å². The van der Waals surface area contributed by atoms with Crippen molar-refractivity contribution in [2.24, 2.45) is 5.73 Å². The lowest BCUT2D eigenvalue weighted by molar-refractivity contribution is 0.675. The Morgan fingerprint density at radius 1 is 1.56 bits per heavy atom. The van der Waals surface area contributed by atoms with Gasteiger partial charge in [-0.05, 0) is 18.6 Å². The van der Waals surface area contributed by atoms with Gasteiger partial charge in [0.2, 0.25) is 0 Å². The van der Waals surface area contributed by atoms with Gasteiger partial charge in [0.05, 0.1) is 30.1 Å². The fraction of sp³-hybridized carbons (Fsp3) is 0.500. The molecule has 0 aliphatic rings. The molecule has 4 nitrogen and oxygen atoms in total. The van der Waals surface area contributed by atoms with Gasteiger partial charge in [0.1, 0.15) is 0 Å². The second-order valence-electron chi connectivity index (χ2n) is 3.79. The van der Waals surface area contributed by atoms with Crippen LogP contribution in [0.4, 0.5) is 5.69 Å². The van der Waals surface area contributed by atoms with Crippen molar-refractivity contribution in [1.82, 2.24) is 4.98 Å². The Morgan fingerprint density at radius 2 is 2.31 bits per heavy atom. The maximum atomic E-state index is 8.50. The standard InChI is InChI=1S/C12H18N4/c1-3-11(14)12-6-5-10(9-15-12)16(2)8-4-7-13/h5-6,9,11H,3-4,8,14H2,1-2H3/t11-/m1/s1. The van der Waals surface area contributed by atoms with Crippen molar-refractivity contribution in [2.45, 2.75) is 25.8 Å². The molecule has 86 valence electrons. The van der Waals surface area contributed by atoms with Crippen LogP contribution >= 0.6 is 0 Å². The largest absolute Gasteiger partial charge is 0.372 e. The predicted molar refractivity (Wildman–Crippen MR) is 65.0 cm³/mol. The van der Waals surface area contributed by atoms with Crippen LogP contribution in [0.3, 0.4) is 0 Å². The van der Waals surface area contributed by atoms with Gasteiger partial charge in [-0.3, -0.25) is 4.98 Å². The van der Waals surface area contributed by atoms with Crippen molar-refractivity contribution >= 4 is 5.69 Å². The maximum Gasteiger partial charge on any atom is 0.0640 e. The number of nitrogens with zero attached hydrogens (tertiary/aromatic N) is 3. The van der Waals surface area contributed by atoms with Crippen LogP contribution in [0.25, 0.3) is 0 Å². The van der Waals surface area contributed by atoms with E-state index < -0.39 is 0 Å². The van der Waals surface area contributed by atoms with E-state index in [0.717, 1.165) is 24.3 Å². The van der Waals surface area contributed by atoms with Gasteiger partial charge >= 0.3 is 0 Å². The zero-order valence-corrected chi connectivity index (χ0v) is 9.85. The number of hydrogen-bond acceptors (Lipinski definition) is 4. The minimum absolute atomic E-state index is 0.0125. The Morgan fingerprint density at radius 3 is 2.81 bits per heavy atom. The molecule has 0 saturated heterocycles. The number of rotatable bonds is 5. The Kier molecular flexibility index (Phi) is 4.74. The summed E-state index contributed by atoms with van der Waals surface area (Å²) in [4.78, 5) is 6.34. The summed E-state index contributed by atoms with van der Waals surface area (Å²) in [6.45, 7) is 2.76. The van der Waals surface area contributed by atoms with Gasteiger partial charge in [-0.2, -0.15) is 5.26 Å². The highest BCUT2D eigenvalue weighted by Gasteiger charge is 2.06. The first-order chi connectivity index (χ1) is 7.69.